The minimum absolute atomic E-state index is 0.0540. The quantitative estimate of drug-likeness (QED) is 0.780. The minimum atomic E-state index is -4.33. The first-order valence-corrected chi connectivity index (χ1v) is 11.2. The Morgan fingerprint density at radius 3 is 2.11 bits per heavy atom. The fourth-order valence-electron chi connectivity index (χ4n) is 2.73. The van der Waals surface area contributed by atoms with E-state index >= 15 is 0 Å². The van der Waals surface area contributed by atoms with Gasteiger partial charge in [-0.15, -0.1) is 0 Å². The van der Waals surface area contributed by atoms with Gasteiger partial charge < -0.3 is 0 Å². The molecule has 1 N–H and O–H groups in total. The molecule has 11 heteroatoms. The highest BCUT2D eigenvalue weighted by Crippen LogP contribution is 2.30. The van der Waals surface area contributed by atoms with Crippen molar-refractivity contribution in [1.29, 1.82) is 0 Å². The molecule has 1 heterocycles. The van der Waals surface area contributed by atoms with Crippen molar-refractivity contribution in [3.05, 3.63) is 53.1 Å². The Kier molecular flexibility index (Phi) is 5.44. The average Bonchev–Trinajstić information content (AvgIpc) is 3.11. The van der Waals surface area contributed by atoms with E-state index in [1.807, 2.05) is 0 Å². The van der Waals surface area contributed by atoms with Crippen LogP contribution >= 0.6 is 11.6 Å². The van der Waals surface area contributed by atoms with Gasteiger partial charge in [-0.05, 0) is 43.2 Å². The Morgan fingerprint density at radius 2 is 1.52 bits per heavy atom. The standard InChI is InChI=1S/C16H15ClF2N2O4S2/c17-15-4-3-13(10-16(15)27(24,25)21-5-1-2-6-21)20-26(22,23)14-8-11(18)7-12(19)9-14/h3-4,7-10,20H,1-2,5-6H2. The second kappa shape index (κ2) is 7.34. The lowest BCUT2D eigenvalue weighted by Gasteiger charge is -2.17. The highest BCUT2D eigenvalue weighted by Gasteiger charge is 2.29. The Hall–Kier alpha value is -1.75. The molecule has 1 aliphatic heterocycles. The van der Waals surface area contributed by atoms with Crippen LogP contribution in [0.25, 0.3) is 0 Å². The Morgan fingerprint density at radius 1 is 0.926 bits per heavy atom. The third-order valence-electron chi connectivity index (χ3n) is 4.01. The molecule has 0 radical (unpaired) electrons. The lowest BCUT2D eigenvalue weighted by molar-refractivity contribution is 0.477. The molecule has 146 valence electrons. The van der Waals surface area contributed by atoms with Gasteiger partial charge >= 0.3 is 0 Å². The van der Waals surface area contributed by atoms with Crippen LogP contribution in [0, 0.1) is 11.6 Å². The topological polar surface area (TPSA) is 83.5 Å². The molecule has 0 amide bonds. The smallest absolute Gasteiger partial charge is 0.262 e. The number of sulfonamides is 2. The van der Waals surface area contributed by atoms with Crippen molar-refractivity contribution in [3.63, 3.8) is 0 Å². The zero-order chi connectivity index (χ0) is 19.8. The maximum atomic E-state index is 13.3. The van der Waals surface area contributed by atoms with E-state index in [1.54, 1.807) is 0 Å². The van der Waals surface area contributed by atoms with Crippen molar-refractivity contribution >= 4 is 37.3 Å². The van der Waals surface area contributed by atoms with Gasteiger partial charge in [-0.1, -0.05) is 11.6 Å². The SMILES string of the molecule is O=S(=O)(Nc1ccc(Cl)c(S(=O)(=O)N2CCCC2)c1)c1cc(F)cc(F)c1. The first-order valence-electron chi connectivity index (χ1n) is 7.88. The maximum absolute atomic E-state index is 13.3. The molecule has 2 aromatic carbocycles. The van der Waals surface area contributed by atoms with Crippen LogP contribution in [0.1, 0.15) is 12.8 Å². The number of rotatable bonds is 5. The highest BCUT2D eigenvalue weighted by molar-refractivity contribution is 7.92. The van der Waals surface area contributed by atoms with Crippen molar-refractivity contribution in [2.45, 2.75) is 22.6 Å². The van der Waals surface area contributed by atoms with Crippen molar-refractivity contribution < 1.29 is 25.6 Å². The summed E-state index contributed by atoms with van der Waals surface area (Å²) in [5.74, 6) is -2.10. The van der Waals surface area contributed by atoms with Gasteiger partial charge in [-0.3, -0.25) is 4.72 Å². The predicted octanol–water partition coefficient (Wildman–Crippen LogP) is 3.20. The molecule has 6 nitrogen and oxygen atoms in total. The van der Waals surface area contributed by atoms with E-state index < -0.39 is 36.6 Å². The number of nitrogens with one attached hydrogen (secondary N) is 1. The molecule has 0 atom stereocenters. The van der Waals surface area contributed by atoms with Crippen LogP contribution in [0.15, 0.2) is 46.2 Å². The lowest BCUT2D eigenvalue weighted by Crippen LogP contribution is -2.28. The fourth-order valence-corrected chi connectivity index (χ4v) is 5.84. The molecule has 0 bridgehead atoms. The summed E-state index contributed by atoms with van der Waals surface area (Å²) in [6.45, 7) is 0.717. The number of halogens is 3. The molecule has 3 rings (SSSR count). The Balaban J connectivity index is 1.96. The van der Waals surface area contributed by atoms with Gasteiger partial charge in [0.15, 0.2) is 0 Å². The normalized spacial score (nSPS) is 15.8. The van der Waals surface area contributed by atoms with Gasteiger partial charge in [0.25, 0.3) is 10.0 Å². The molecule has 1 saturated heterocycles. The number of benzene rings is 2. The monoisotopic (exact) mass is 436 g/mol. The summed E-state index contributed by atoms with van der Waals surface area (Å²) in [6, 6.07) is 5.45. The number of anilines is 1. The van der Waals surface area contributed by atoms with Gasteiger partial charge in [0.2, 0.25) is 10.0 Å². The molecular weight excluding hydrogens is 422 g/mol. The van der Waals surface area contributed by atoms with Gasteiger partial charge in [0, 0.05) is 19.2 Å². The minimum Gasteiger partial charge on any atom is -0.280 e. The van der Waals surface area contributed by atoms with E-state index in [-0.39, 0.29) is 15.6 Å². The Bertz CT molecular complexity index is 1070. The summed E-state index contributed by atoms with van der Waals surface area (Å²) in [7, 11) is -8.21. The van der Waals surface area contributed by atoms with E-state index in [0.29, 0.717) is 31.3 Å². The maximum Gasteiger partial charge on any atom is 0.262 e. The molecule has 0 spiro atoms. The third-order valence-corrected chi connectivity index (χ3v) is 7.75. The zero-order valence-corrected chi connectivity index (χ0v) is 16.2. The van der Waals surface area contributed by atoms with Gasteiger partial charge in [-0.25, -0.2) is 25.6 Å². The number of nitrogens with zero attached hydrogens (tertiary/aromatic N) is 1. The first-order chi connectivity index (χ1) is 12.6. The van der Waals surface area contributed by atoms with Crippen LogP contribution in [-0.4, -0.2) is 34.2 Å². The number of hydrogen-bond donors (Lipinski definition) is 1. The van der Waals surface area contributed by atoms with Crippen molar-refractivity contribution in [2.75, 3.05) is 17.8 Å². The summed E-state index contributed by atoms with van der Waals surface area (Å²) < 4.78 is 80.1. The van der Waals surface area contributed by atoms with Crippen molar-refractivity contribution in [2.24, 2.45) is 0 Å². The largest absolute Gasteiger partial charge is 0.280 e. The molecular formula is C16H15ClF2N2O4S2. The Labute approximate surface area is 160 Å². The van der Waals surface area contributed by atoms with Gasteiger partial charge in [0.1, 0.15) is 16.5 Å². The van der Waals surface area contributed by atoms with Crippen LogP contribution in [0.3, 0.4) is 0 Å². The van der Waals surface area contributed by atoms with Crippen LogP contribution in [0.5, 0.6) is 0 Å². The summed E-state index contributed by atoms with van der Waals surface area (Å²) in [6.07, 6.45) is 1.46. The summed E-state index contributed by atoms with van der Waals surface area (Å²) in [5, 5.41) is -0.0540. The second-order valence-corrected chi connectivity index (χ2v) is 9.96. The molecule has 0 aliphatic carbocycles. The second-order valence-electron chi connectivity index (χ2n) is 5.97. The summed E-state index contributed by atoms with van der Waals surface area (Å²) in [4.78, 5) is -0.865. The highest BCUT2D eigenvalue weighted by atomic mass is 35.5. The molecule has 27 heavy (non-hydrogen) atoms. The van der Waals surface area contributed by atoms with Crippen molar-refractivity contribution in [1.82, 2.24) is 4.31 Å². The van der Waals surface area contributed by atoms with Crippen molar-refractivity contribution in [3.8, 4) is 0 Å². The molecule has 0 aromatic heterocycles. The van der Waals surface area contributed by atoms with Crippen LogP contribution in [0.4, 0.5) is 14.5 Å². The summed E-state index contributed by atoms with van der Waals surface area (Å²) in [5.41, 5.74) is -0.0955. The van der Waals surface area contributed by atoms with E-state index in [0.717, 1.165) is 18.9 Å². The van der Waals surface area contributed by atoms with E-state index in [4.69, 9.17) is 11.6 Å². The third kappa shape index (κ3) is 4.23. The van der Waals surface area contributed by atoms with Crippen LogP contribution < -0.4 is 4.72 Å². The van der Waals surface area contributed by atoms with E-state index in [2.05, 4.69) is 4.72 Å². The molecule has 2 aromatic rings. The lowest BCUT2D eigenvalue weighted by atomic mass is 10.3. The molecule has 0 saturated carbocycles. The molecule has 1 fully saturated rings. The zero-order valence-electron chi connectivity index (χ0n) is 13.8. The van der Waals surface area contributed by atoms with Crippen LogP contribution in [0.2, 0.25) is 5.02 Å². The molecule has 0 unspecified atom stereocenters. The first kappa shape index (κ1) is 20.0. The van der Waals surface area contributed by atoms with Gasteiger partial charge in [-0.2, -0.15) is 4.31 Å². The summed E-state index contributed by atoms with van der Waals surface area (Å²) >= 11 is 6.01. The molecule has 1 aliphatic rings. The van der Waals surface area contributed by atoms with Crippen LogP contribution in [-0.2, 0) is 20.0 Å². The van der Waals surface area contributed by atoms with E-state index in [9.17, 15) is 25.6 Å². The van der Waals surface area contributed by atoms with E-state index in [1.165, 1.54) is 16.4 Å². The number of hydrogen-bond acceptors (Lipinski definition) is 4. The predicted molar refractivity (Wildman–Crippen MR) is 96.6 cm³/mol. The average molecular weight is 437 g/mol. The fraction of sp³-hybridized carbons (Fsp3) is 0.250. The van der Waals surface area contributed by atoms with Gasteiger partial charge in [0.05, 0.1) is 15.6 Å².